The standard InChI is InChI=1S/C19H12N2O5/c20-7-9-24-13-3-1-12(2-4-13)17-18(22)15-6-5-14(25-10-8-21)11-16(15)26-19(17)23/h1-6,11,17H,9-10H2. The van der Waals surface area contributed by atoms with Gasteiger partial charge in [-0.25, -0.2) is 0 Å². The number of rotatable bonds is 5. The predicted molar refractivity (Wildman–Crippen MR) is 87.8 cm³/mol. The molecule has 0 aromatic heterocycles. The van der Waals surface area contributed by atoms with E-state index in [1.165, 1.54) is 12.1 Å². The summed E-state index contributed by atoms with van der Waals surface area (Å²) < 4.78 is 15.6. The molecule has 1 aliphatic heterocycles. The lowest BCUT2D eigenvalue weighted by atomic mass is 9.88. The van der Waals surface area contributed by atoms with Gasteiger partial charge < -0.3 is 14.2 Å². The number of benzene rings is 2. The molecule has 1 unspecified atom stereocenters. The summed E-state index contributed by atoms with van der Waals surface area (Å²) in [6, 6.07) is 14.5. The Morgan fingerprint density at radius 2 is 1.54 bits per heavy atom. The van der Waals surface area contributed by atoms with E-state index in [9.17, 15) is 9.59 Å². The average molecular weight is 348 g/mol. The van der Waals surface area contributed by atoms with Gasteiger partial charge >= 0.3 is 5.97 Å². The van der Waals surface area contributed by atoms with E-state index in [1.54, 1.807) is 30.3 Å². The molecule has 0 fully saturated rings. The first-order chi connectivity index (χ1) is 12.6. The average Bonchev–Trinajstić information content (AvgIpc) is 2.65. The fraction of sp³-hybridized carbons (Fsp3) is 0.158. The number of carbonyl (C=O) groups is 2. The van der Waals surface area contributed by atoms with Gasteiger partial charge in [0.15, 0.2) is 19.0 Å². The van der Waals surface area contributed by atoms with Crippen molar-refractivity contribution in [3.05, 3.63) is 53.6 Å². The second-order valence-corrected chi connectivity index (χ2v) is 5.34. The predicted octanol–water partition coefficient (Wildman–Crippen LogP) is 2.38. The van der Waals surface area contributed by atoms with E-state index in [4.69, 9.17) is 24.7 Å². The molecule has 3 rings (SSSR count). The maximum absolute atomic E-state index is 12.7. The van der Waals surface area contributed by atoms with Crippen LogP contribution in [0.4, 0.5) is 0 Å². The van der Waals surface area contributed by atoms with Crippen LogP contribution in [0.3, 0.4) is 0 Å². The molecule has 128 valence electrons. The van der Waals surface area contributed by atoms with Crippen molar-refractivity contribution in [1.82, 2.24) is 0 Å². The van der Waals surface area contributed by atoms with E-state index in [0.29, 0.717) is 17.1 Å². The maximum Gasteiger partial charge on any atom is 0.326 e. The molecule has 0 spiro atoms. The van der Waals surface area contributed by atoms with Crippen LogP contribution in [0.1, 0.15) is 21.8 Å². The number of hydrogen-bond donors (Lipinski definition) is 0. The Balaban J connectivity index is 1.85. The maximum atomic E-state index is 12.7. The van der Waals surface area contributed by atoms with Crippen molar-refractivity contribution < 1.29 is 23.8 Å². The van der Waals surface area contributed by atoms with Gasteiger partial charge in [-0.15, -0.1) is 0 Å². The summed E-state index contributed by atoms with van der Waals surface area (Å²) in [6.45, 7) is -0.239. The minimum Gasteiger partial charge on any atom is -0.479 e. The number of nitriles is 2. The van der Waals surface area contributed by atoms with Crippen molar-refractivity contribution in [2.75, 3.05) is 13.2 Å². The van der Waals surface area contributed by atoms with Crippen LogP contribution in [0.15, 0.2) is 42.5 Å². The fourth-order valence-corrected chi connectivity index (χ4v) is 2.59. The molecule has 26 heavy (non-hydrogen) atoms. The number of hydrogen-bond acceptors (Lipinski definition) is 7. The van der Waals surface area contributed by atoms with E-state index in [-0.39, 0.29) is 30.3 Å². The number of fused-ring (bicyclic) bond motifs is 1. The lowest BCUT2D eigenvalue weighted by molar-refractivity contribution is -0.135. The molecule has 7 heteroatoms. The third-order valence-electron chi connectivity index (χ3n) is 3.75. The molecule has 0 amide bonds. The van der Waals surface area contributed by atoms with Crippen molar-refractivity contribution in [2.45, 2.75) is 5.92 Å². The normalized spacial score (nSPS) is 15.2. The Bertz CT molecular complexity index is 938. The molecular weight excluding hydrogens is 336 g/mol. The van der Waals surface area contributed by atoms with Gasteiger partial charge in [0.2, 0.25) is 0 Å². The number of Topliss-reactive ketones (excluding diaryl/α,β-unsaturated/α-hetero) is 1. The molecule has 0 saturated carbocycles. The Kier molecular flexibility index (Phi) is 4.82. The number of nitrogens with zero attached hydrogens (tertiary/aromatic N) is 2. The van der Waals surface area contributed by atoms with Crippen molar-refractivity contribution >= 4 is 11.8 Å². The first-order valence-corrected chi connectivity index (χ1v) is 7.63. The fourth-order valence-electron chi connectivity index (χ4n) is 2.59. The zero-order valence-electron chi connectivity index (χ0n) is 13.5. The lowest BCUT2D eigenvalue weighted by Crippen LogP contribution is -2.31. The Morgan fingerprint density at radius 3 is 2.19 bits per heavy atom. The first kappa shape index (κ1) is 17.0. The van der Waals surface area contributed by atoms with Crippen LogP contribution in [0.2, 0.25) is 0 Å². The monoisotopic (exact) mass is 348 g/mol. The summed E-state index contributed by atoms with van der Waals surface area (Å²) in [5, 5.41) is 17.0. The van der Waals surface area contributed by atoms with Gasteiger partial charge in [-0.1, -0.05) is 12.1 Å². The quantitative estimate of drug-likeness (QED) is 0.463. The number of esters is 1. The Labute approximate surface area is 148 Å². The van der Waals surface area contributed by atoms with Gasteiger partial charge in [-0.3, -0.25) is 9.59 Å². The SMILES string of the molecule is N#CCOc1ccc(C2C(=O)Oc3cc(OCC#N)ccc3C2=O)cc1. The van der Waals surface area contributed by atoms with Gasteiger partial charge in [0.25, 0.3) is 0 Å². The molecule has 1 heterocycles. The number of carbonyl (C=O) groups excluding carboxylic acids is 2. The topological polar surface area (TPSA) is 109 Å². The highest BCUT2D eigenvalue weighted by Gasteiger charge is 2.37. The largest absolute Gasteiger partial charge is 0.479 e. The second-order valence-electron chi connectivity index (χ2n) is 5.34. The summed E-state index contributed by atoms with van der Waals surface area (Å²) in [5.41, 5.74) is 0.739. The lowest BCUT2D eigenvalue weighted by Gasteiger charge is -2.23. The van der Waals surface area contributed by atoms with Gasteiger partial charge in [0, 0.05) is 6.07 Å². The van der Waals surface area contributed by atoms with E-state index < -0.39 is 11.9 Å². The first-order valence-electron chi connectivity index (χ1n) is 7.63. The van der Waals surface area contributed by atoms with Crippen LogP contribution in [0.25, 0.3) is 0 Å². The molecular formula is C19H12N2O5. The molecule has 0 N–H and O–H groups in total. The highest BCUT2D eigenvalue weighted by molar-refractivity contribution is 6.17. The molecule has 2 aromatic carbocycles. The van der Waals surface area contributed by atoms with E-state index in [2.05, 4.69) is 0 Å². The number of ketones is 1. The molecule has 0 radical (unpaired) electrons. The van der Waals surface area contributed by atoms with Gasteiger partial charge in [-0.2, -0.15) is 10.5 Å². The van der Waals surface area contributed by atoms with Crippen molar-refractivity contribution in [3.63, 3.8) is 0 Å². The van der Waals surface area contributed by atoms with Crippen molar-refractivity contribution in [2.24, 2.45) is 0 Å². The van der Waals surface area contributed by atoms with Crippen LogP contribution < -0.4 is 14.2 Å². The smallest absolute Gasteiger partial charge is 0.326 e. The van der Waals surface area contributed by atoms with Crippen molar-refractivity contribution in [1.29, 1.82) is 10.5 Å². The molecule has 0 bridgehead atoms. The molecule has 1 aliphatic rings. The summed E-state index contributed by atoms with van der Waals surface area (Å²) in [6.07, 6.45) is 0. The molecule has 7 nitrogen and oxygen atoms in total. The highest BCUT2D eigenvalue weighted by atomic mass is 16.5. The minimum atomic E-state index is -1.07. The van der Waals surface area contributed by atoms with Crippen LogP contribution in [-0.4, -0.2) is 25.0 Å². The zero-order valence-corrected chi connectivity index (χ0v) is 13.5. The number of ether oxygens (including phenoxy) is 3. The third-order valence-corrected chi connectivity index (χ3v) is 3.75. The molecule has 0 aliphatic carbocycles. The summed E-state index contributed by atoms with van der Waals surface area (Å²) in [7, 11) is 0. The Morgan fingerprint density at radius 1 is 0.923 bits per heavy atom. The Hall–Kier alpha value is -3.84. The summed E-state index contributed by atoms with van der Waals surface area (Å²) in [4.78, 5) is 25.1. The van der Waals surface area contributed by atoms with Gasteiger partial charge in [0.1, 0.15) is 35.3 Å². The van der Waals surface area contributed by atoms with Crippen LogP contribution >= 0.6 is 0 Å². The summed E-state index contributed by atoms with van der Waals surface area (Å²) in [5.74, 6) is -1.23. The minimum absolute atomic E-state index is 0.0900. The van der Waals surface area contributed by atoms with Gasteiger partial charge in [0.05, 0.1) is 5.56 Å². The highest BCUT2D eigenvalue weighted by Crippen LogP contribution is 2.36. The molecule has 2 aromatic rings. The molecule has 0 saturated heterocycles. The van der Waals surface area contributed by atoms with Gasteiger partial charge in [-0.05, 0) is 29.8 Å². The van der Waals surface area contributed by atoms with Crippen LogP contribution in [0, 0.1) is 22.7 Å². The van der Waals surface area contributed by atoms with Crippen LogP contribution in [-0.2, 0) is 4.79 Å². The van der Waals surface area contributed by atoms with Crippen LogP contribution in [0.5, 0.6) is 17.2 Å². The zero-order chi connectivity index (χ0) is 18.5. The molecule has 1 atom stereocenters. The second kappa shape index (κ2) is 7.37. The van der Waals surface area contributed by atoms with E-state index in [1.807, 2.05) is 12.1 Å². The third kappa shape index (κ3) is 3.33. The van der Waals surface area contributed by atoms with E-state index in [0.717, 1.165) is 0 Å². The van der Waals surface area contributed by atoms with Crippen molar-refractivity contribution in [3.8, 4) is 29.4 Å². The van der Waals surface area contributed by atoms with E-state index >= 15 is 0 Å². The summed E-state index contributed by atoms with van der Waals surface area (Å²) >= 11 is 0.